The van der Waals surface area contributed by atoms with Crippen LogP contribution in [-0.2, 0) is 4.79 Å². The fourth-order valence-electron chi connectivity index (χ4n) is 1.89. The van der Waals surface area contributed by atoms with E-state index in [1.165, 1.54) is 11.3 Å². The molecule has 4 nitrogen and oxygen atoms in total. The van der Waals surface area contributed by atoms with E-state index in [0.29, 0.717) is 22.7 Å². The molecule has 1 heterocycles. The molecule has 0 fully saturated rings. The van der Waals surface area contributed by atoms with Crippen LogP contribution in [0, 0.1) is 11.3 Å². The van der Waals surface area contributed by atoms with Gasteiger partial charge in [-0.05, 0) is 35.1 Å². The van der Waals surface area contributed by atoms with Crippen molar-refractivity contribution in [2.24, 2.45) is 0 Å². The zero-order valence-electron chi connectivity index (χ0n) is 11.1. The number of carbonyl (C=O) groups is 1. The molecule has 0 saturated heterocycles. The van der Waals surface area contributed by atoms with Crippen LogP contribution >= 0.6 is 11.3 Å². The lowest BCUT2D eigenvalue weighted by Gasteiger charge is -2.12. The molecule has 0 aliphatic heterocycles. The number of rotatable bonds is 4. The molecule has 0 saturated carbocycles. The van der Waals surface area contributed by atoms with Gasteiger partial charge in [0, 0.05) is 12.1 Å². The van der Waals surface area contributed by atoms with E-state index in [4.69, 9.17) is 11.0 Å². The zero-order valence-corrected chi connectivity index (χ0v) is 11.9. The summed E-state index contributed by atoms with van der Waals surface area (Å²) in [5.74, 6) is 0.00868. The van der Waals surface area contributed by atoms with Gasteiger partial charge in [0.2, 0.25) is 5.91 Å². The molecule has 1 unspecified atom stereocenters. The molecule has 5 heteroatoms. The molecule has 0 spiro atoms. The number of nitrogen functional groups attached to an aromatic ring is 1. The molecule has 1 aromatic heterocycles. The van der Waals surface area contributed by atoms with Crippen molar-refractivity contribution < 1.29 is 4.79 Å². The van der Waals surface area contributed by atoms with Crippen molar-refractivity contribution in [2.45, 2.75) is 19.3 Å². The lowest BCUT2D eigenvalue weighted by molar-refractivity contribution is -0.116. The summed E-state index contributed by atoms with van der Waals surface area (Å²) in [6.45, 7) is 1.99. The molecule has 20 heavy (non-hydrogen) atoms. The normalized spacial score (nSPS) is 11.6. The predicted octanol–water partition coefficient (Wildman–Crippen LogP) is 3.33. The molecule has 0 bridgehead atoms. The summed E-state index contributed by atoms with van der Waals surface area (Å²) in [6.07, 6.45) is 0.368. The van der Waals surface area contributed by atoms with E-state index in [9.17, 15) is 4.79 Å². The highest BCUT2D eigenvalue weighted by molar-refractivity contribution is 7.14. The number of nitriles is 1. The van der Waals surface area contributed by atoms with Crippen molar-refractivity contribution in [3.63, 3.8) is 0 Å². The van der Waals surface area contributed by atoms with E-state index in [2.05, 4.69) is 11.4 Å². The Balaban J connectivity index is 1.98. The van der Waals surface area contributed by atoms with Crippen LogP contribution in [0.25, 0.3) is 0 Å². The topological polar surface area (TPSA) is 78.9 Å². The van der Waals surface area contributed by atoms with Gasteiger partial charge in [0.05, 0.1) is 5.56 Å². The molecule has 1 aromatic carbocycles. The highest BCUT2D eigenvalue weighted by atomic mass is 32.1. The van der Waals surface area contributed by atoms with Gasteiger partial charge in [-0.2, -0.15) is 5.26 Å². The van der Waals surface area contributed by atoms with Gasteiger partial charge in [-0.3, -0.25) is 4.79 Å². The average Bonchev–Trinajstić information content (AvgIpc) is 2.86. The smallest absolute Gasteiger partial charge is 0.225 e. The van der Waals surface area contributed by atoms with Crippen LogP contribution in [0.15, 0.2) is 35.7 Å². The maximum Gasteiger partial charge on any atom is 0.225 e. The van der Waals surface area contributed by atoms with Crippen LogP contribution in [0.1, 0.15) is 30.4 Å². The Bertz CT molecular complexity index is 640. The number of amides is 1. The van der Waals surface area contributed by atoms with Crippen molar-refractivity contribution in [3.8, 4) is 6.07 Å². The van der Waals surface area contributed by atoms with Crippen LogP contribution in [0.4, 0.5) is 10.7 Å². The number of hydrogen-bond donors (Lipinski definition) is 2. The molecule has 102 valence electrons. The minimum absolute atomic E-state index is 0.0896. The van der Waals surface area contributed by atoms with Gasteiger partial charge >= 0.3 is 0 Å². The Hall–Kier alpha value is -2.32. The molecule has 1 amide bonds. The Morgan fingerprint density at radius 3 is 2.75 bits per heavy atom. The Labute approximate surface area is 121 Å². The minimum Gasteiger partial charge on any atom is -0.399 e. The summed E-state index contributed by atoms with van der Waals surface area (Å²) in [5, 5.41) is 14.1. The van der Waals surface area contributed by atoms with Crippen LogP contribution in [0.2, 0.25) is 0 Å². The number of benzene rings is 1. The predicted molar refractivity (Wildman–Crippen MR) is 81.6 cm³/mol. The molecule has 2 aromatic rings. The lowest BCUT2D eigenvalue weighted by Crippen LogP contribution is -2.14. The summed E-state index contributed by atoms with van der Waals surface area (Å²) in [4.78, 5) is 12.0. The van der Waals surface area contributed by atoms with E-state index in [-0.39, 0.29) is 11.8 Å². The number of anilines is 2. The third-order valence-electron chi connectivity index (χ3n) is 3.04. The first-order chi connectivity index (χ1) is 9.60. The third kappa shape index (κ3) is 3.37. The molecule has 1 atom stereocenters. The highest BCUT2D eigenvalue weighted by Crippen LogP contribution is 2.24. The van der Waals surface area contributed by atoms with Gasteiger partial charge in [-0.25, -0.2) is 0 Å². The van der Waals surface area contributed by atoms with Crippen LogP contribution in [0.5, 0.6) is 0 Å². The van der Waals surface area contributed by atoms with Crippen molar-refractivity contribution in [3.05, 3.63) is 46.8 Å². The monoisotopic (exact) mass is 285 g/mol. The second-order valence-electron chi connectivity index (χ2n) is 4.60. The van der Waals surface area contributed by atoms with E-state index in [1.807, 2.05) is 31.2 Å². The van der Waals surface area contributed by atoms with Gasteiger partial charge in [0.1, 0.15) is 11.1 Å². The zero-order chi connectivity index (χ0) is 14.5. The number of nitrogens with two attached hydrogens (primary N) is 1. The minimum atomic E-state index is -0.0896. The molecule has 0 radical (unpaired) electrons. The number of thiophene rings is 1. The maximum atomic E-state index is 12.0. The summed E-state index contributed by atoms with van der Waals surface area (Å²) in [6, 6.07) is 11.3. The first-order valence-electron chi connectivity index (χ1n) is 6.23. The summed E-state index contributed by atoms with van der Waals surface area (Å²) in [5.41, 5.74) is 7.93. The van der Waals surface area contributed by atoms with Gasteiger partial charge in [-0.1, -0.05) is 19.1 Å². The Morgan fingerprint density at radius 1 is 1.40 bits per heavy atom. The van der Waals surface area contributed by atoms with Crippen LogP contribution < -0.4 is 11.1 Å². The van der Waals surface area contributed by atoms with Crippen molar-refractivity contribution >= 4 is 27.9 Å². The second kappa shape index (κ2) is 6.22. The molecule has 2 rings (SSSR count). The summed E-state index contributed by atoms with van der Waals surface area (Å²) >= 11 is 1.36. The van der Waals surface area contributed by atoms with Crippen molar-refractivity contribution in [1.82, 2.24) is 0 Å². The molecule has 0 aliphatic rings. The molecule has 3 N–H and O–H groups in total. The second-order valence-corrected chi connectivity index (χ2v) is 5.51. The highest BCUT2D eigenvalue weighted by Gasteiger charge is 2.13. The quantitative estimate of drug-likeness (QED) is 0.846. The number of hydrogen-bond acceptors (Lipinski definition) is 4. The summed E-state index contributed by atoms with van der Waals surface area (Å²) < 4.78 is 0. The summed E-state index contributed by atoms with van der Waals surface area (Å²) in [7, 11) is 0. The lowest BCUT2D eigenvalue weighted by atomic mass is 9.97. The average molecular weight is 285 g/mol. The van der Waals surface area contributed by atoms with E-state index in [1.54, 1.807) is 11.4 Å². The molecular weight excluding hydrogens is 270 g/mol. The molecule has 0 aliphatic carbocycles. The SMILES string of the molecule is CC(CC(=O)Nc1sccc1C#N)c1ccc(N)cc1. The number of nitrogens with one attached hydrogen (secondary N) is 1. The van der Waals surface area contributed by atoms with Gasteiger partial charge in [0.25, 0.3) is 0 Å². The van der Waals surface area contributed by atoms with Crippen LogP contribution in [-0.4, -0.2) is 5.91 Å². The van der Waals surface area contributed by atoms with Crippen molar-refractivity contribution in [2.75, 3.05) is 11.1 Å². The van der Waals surface area contributed by atoms with Crippen molar-refractivity contribution in [1.29, 1.82) is 5.26 Å². The van der Waals surface area contributed by atoms with Gasteiger partial charge < -0.3 is 11.1 Å². The van der Waals surface area contributed by atoms with E-state index >= 15 is 0 Å². The number of nitrogens with zero attached hydrogens (tertiary/aromatic N) is 1. The maximum absolute atomic E-state index is 12.0. The Morgan fingerprint density at radius 2 is 2.10 bits per heavy atom. The van der Waals surface area contributed by atoms with Gasteiger partial charge in [0.15, 0.2) is 0 Å². The standard InChI is InChI=1S/C15H15N3OS/c1-10(11-2-4-13(17)5-3-11)8-14(19)18-15-12(9-16)6-7-20-15/h2-7,10H,8,17H2,1H3,(H,18,19). The first-order valence-corrected chi connectivity index (χ1v) is 7.11. The van der Waals surface area contributed by atoms with E-state index < -0.39 is 0 Å². The molecular formula is C15H15N3OS. The fraction of sp³-hybridized carbons (Fsp3) is 0.200. The first kappa shape index (κ1) is 14.1. The van der Waals surface area contributed by atoms with Gasteiger partial charge in [-0.15, -0.1) is 11.3 Å². The van der Waals surface area contributed by atoms with Crippen LogP contribution in [0.3, 0.4) is 0 Å². The largest absolute Gasteiger partial charge is 0.399 e. The Kier molecular flexibility index (Phi) is 4.38. The fourth-order valence-corrected chi connectivity index (χ4v) is 2.65. The van der Waals surface area contributed by atoms with E-state index in [0.717, 1.165) is 5.56 Å². The third-order valence-corrected chi connectivity index (χ3v) is 3.87. The number of carbonyl (C=O) groups excluding carboxylic acids is 1.